The Morgan fingerprint density at radius 3 is 2.82 bits per heavy atom. The topological polar surface area (TPSA) is 99.6 Å². The molecule has 2 aromatic heterocycles. The van der Waals surface area contributed by atoms with Crippen molar-refractivity contribution in [2.45, 2.75) is 25.1 Å². The number of ether oxygens (including phenoxy) is 2. The molecule has 146 valence electrons. The lowest BCUT2D eigenvalue weighted by molar-refractivity contribution is -0.119. The van der Waals surface area contributed by atoms with Crippen LogP contribution in [0.2, 0.25) is 0 Å². The molecule has 0 radical (unpaired) electrons. The SMILES string of the molecule is Cc1occc1-c1nnc(SCC(=O)N[C@@H](C)c2ccc3c(c2)OCCO3)o1. The van der Waals surface area contributed by atoms with Crippen LogP contribution in [-0.2, 0) is 4.79 Å². The minimum atomic E-state index is -0.171. The highest BCUT2D eigenvalue weighted by molar-refractivity contribution is 7.99. The number of carbonyl (C=O) groups is 1. The van der Waals surface area contributed by atoms with Crippen LogP contribution in [0.4, 0.5) is 0 Å². The molecule has 0 saturated heterocycles. The molecule has 0 bridgehead atoms. The molecule has 0 spiro atoms. The highest BCUT2D eigenvalue weighted by Crippen LogP contribution is 2.32. The van der Waals surface area contributed by atoms with Crippen molar-refractivity contribution in [2.75, 3.05) is 19.0 Å². The monoisotopic (exact) mass is 401 g/mol. The van der Waals surface area contributed by atoms with Gasteiger partial charge < -0.3 is 23.6 Å². The molecular formula is C19H19N3O5S. The summed E-state index contributed by atoms with van der Waals surface area (Å²) < 4.78 is 21.9. The standard InChI is InChI=1S/C19H19N3O5S/c1-11(13-3-4-15-16(9-13)26-8-7-25-15)20-17(23)10-28-19-22-21-18(27-19)14-5-6-24-12(14)2/h3-6,9,11H,7-8,10H2,1-2H3,(H,20,23)/t11-/m0/s1. The summed E-state index contributed by atoms with van der Waals surface area (Å²) in [5, 5.41) is 11.2. The summed E-state index contributed by atoms with van der Waals surface area (Å²) in [5.74, 6) is 2.54. The van der Waals surface area contributed by atoms with Gasteiger partial charge in [-0.05, 0) is 37.6 Å². The first kappa shape index (κ1) is 18.4. The van der Waals surface area contributed by atoms with Gasteiger partial charge in [-0.3, -0.25) is 4.79 Å². The predicted molar refractivity (Wildman–Crippen MR) is 101 cm³/mol. The normalized spacial score (nSPS) is 13.9. The number of hydrogen-bond donors (Lipinski definition) is 1. The molecule has 3 heterocycles. The van der Waals surface area contributed by atoms with Crippen LogP contribution in [0.5, 0.6) is 11.5 Å². The Hall–Kier alpha value is -2.94. The second-order valence-electron chi connectivity index (χ2n) is 6.24. The fourth-order valence-electron chi connectivity index (χ4n) is 2.81. The Morgan fingerprint density at radius 2 is 2.04 bits per heavy atom. The molecule has 0 fully saturated rings. The first-order chi connectivity index (χ1) is 13.6. The van der Waals surface area contributed by atoms with Gasteiger partial charge in [0, 0.05) is 0 Å². The first-order valence-corrected chi connectivity index (χ1v) is 9.78. The molecule has 1 aromatic carbocycles. The van der Waals surface area contributed by atoms with E-state index in [1.54, 1.807) is 12.3 Å². The number of furan rings is 1. The van der Waals surface area contributed by atoms with Crippen LogP contribution < -0.4 is 14.8 Å². The van der Waals surface area contributed by atoms with Crippen molar-refractivity contribution in [3.05, 3.63) is 41.9 Å². The molecule has 3 aromatic rings. The van der Waals surface area contributed by atoms with Crippen molar-refractivity contribution in [1.29, 1.82) is 0 Å². The van der Waals surface area contributed by atoms with Gasteiger partial charge in [-0.1, -0.05) is 17.8 Å². The van der Waals surface area contributed by atoms with Crippen molar-refractivity contribution in [3.8, 4) is 23.0 Å². The zero-order valence-electron chi connectivity index (χ0n) is 15.4. The largest absolute Gasteiger partial charge is 0.486 e. The number of amides is 1. The Morgan fingerprint density at radius 1 is 1.21 bits per heavy atom. The summed E-state index contributed by atoms with van der Waals surface area (Å²) in [5.41, 5.74) is 1.69. The van der Waals surface area contributed by atoms with Gasteiger partial charge in [-0.25, -0.2) is 0 Å². The molecule has 28 heavy (non-hydrogen) atoms. The number of nitrogens with one attached hydrogen (secondary N) is 1. The van der Waals surface area contributed by atoms with E-state index in [9.17, 15) is 4.79 Å². The van der Waals surface area contributed by atoms with Gasteiger partial charge >= 0.3 is 0 Å². The number of aryl methyl sites for hydroxylation is 1. The van der Waals surface area contributed by atoms with Gasteiger partial charge in [0.05, 0.1) is 23.6 Å². The lowest BCUT2D eigenvalue weighted by Gasteiger charge is -2.21. The number of hydrogen-bond acceptors (Lipinski definition) is 8. The maximum atomic E-state index is 12.3. The molecule has 0 unspecified atom stereocenters. The zero-order chi connectivity index (χ0) is 19.5. The lowest BCUT2D eigenvalue weighted by Crippen LogP contribution is -2.28. The number of carbonyl (C=O) groups excluding carboxylic acids is 1. The Balaban J connectivity index is 1.32. The van der Waals surface area contributed by atoms with E-state index in [0.29, 0.717) is 35.8 Å². The Kier molecular flexibility index (Phi) is 5.25. The fourth-order valence-corrected chi connectivity index (χ4v) is 3.38. The summed E-state index contributed by atoms with van der Waals surface area (Å²) in [6, 6.07) is 7.27. The van der Waals surface area contributed by atoms with Gasteiger partial charge in [-0.2, -0.15) is 0 Å². The van der Waals surface area contributed by atoms with Crippen LogP contribution in [0.25, 0.3) is 11.5 Å². The van der Waals surface area contributed by atoms with E-state index in [2.05, 4.69) is 15.5 Å². The highest BCUT2D eigenvalue weighted by atomic mass is 32.2. The van der Waals surface area contributed by atoms with Crippen LogP contribution >= 0.6 is 11.8 Å². The van der Waals surface area contributed by atoms with Crippen molar-refractivity contribution < 1.29 is 23.1 Å². The Bertz CT molecular complexity index is 984. The number of thioether (sulfide) groups is 1. The second-order valence-corrected chi connectivity index (χ2v) is 7.17. The molecule has 1 amide bonds. The lowest BCUT2D eigenvalue weighted by atomic mass is 10.1. The van der Waals surface area contributed by atoms with Crippen molar-refractivity contribution in [1.82, 2.24) is 15.5 Å². The molecule has 1 N–H and O–H groups in total. The number of aromatic nitrogens is 2. The van der Waals surface area contributed by atoms with E-state index in [1.807, 2.05) is 32.0 Å². The van der Waals surface area contributed by atoms with Crippen molar-refractivity contribution in [2.24, 2.45) is 0 Å². The summed E-state index contributed by atoms with van der Waals surface area (Å²) in [7, 11) is 0. The van der Waals surface area contributed by atoms with Crippen molar-refractivity contribution in [3.63, 3.8) is 0 Å². The van der Waals surface area contributed by atoms with Crippen LogP contribution in [0, 0.1) is 6.92 Å². The van der Waals surface area contributed by atoms with E-state index < -0.39 is 0 Å². The number of benzene rings is 1. The van der Waals surface area contributed by atoms with Gasteiger partial charge in [-0.15, -0.1) is 10.2 Å². The quantitative estimate of drug-likeness (QED) is 0.628. The van der Waals surface area contributed by atoms with Crippen LogP contribution in [0.1, 0.15) is 24.3 Å². The van der Waals surface area contributed by atoms with Gasteiger partial charge in [0.2, 0.25) is 5.91 Å². The number of nitrogens with zero attached hydrogens (tertiary/aromatic N) is 2. The summed E-state index contributed by atoms with van der Waals surface area (Å²) in [4.78, 5) is 12.3. The van der Waals surface area contributed by atoms with Crippen molar-refractivity contribution >= 4 is 17.7 Å². The molecule has 0 saturated carbocycles. The minimum Gasteiger partial charge on any atom is -0.486 e. The number of rotatable bonds is 6. The van der Waals surface area contributed by atoms with E-state index in [0.717, 1.165) is 16.9 Å². The predicted octanol–water partition coefficient (Wildman–Crippen LogP) is 3.38. The second kappa shape index (κ2) is 7.97. The average molecular weight is 401 g/mol. The molecule has 4 rings (SSSR count). The zero-order valence-corrected chi connectivity index (χ0v) is 16.2. The van der Waals surface area contributed by atoms with Gasteiger partial charge in [0.15, 0.2) is 11.5 Å². The fraction of sp³-hybridized carbons (Fsp3) is 0.316. The van der Waals surface area contributed by atoms with E-state index in [1.165, 1.54) is 11.8 Å². The molecule has 1 atom stereocenters. The van der Waals surface area contributed by atoms with Crippen LogP contribution in [0.15, 0.2) is 44.6 Å². The third-order valence-corrected chi connectivity index (χ3v) is 5.08. The van der Waals surface area contributed by atoms with E-state index in [-0.39, 0.29) is 17.7 Å². The third kappa shape index (κ3) is 3.99. The minimum absolute atomic E-state index is 0.133. The first-order valence-electron chi connectivity index (χ1n) is 8.80. The molecular weight excluding hydrogens is 382 g/mol. The third-order valence-electron chi connectivity index (χ3n) is 4.27. The summed E-state index contributed by atoms with van der Waals surface area (Å²) in [6.45, 7) is 4.81. The number of fused-ring (bicyclic) bond motifs is 1. The maximum absolute atomic E-state index is 12.3. The van der Waals surface area contributed by atoms with Crippen LogP contribution in [0.3, 0.4) is 0 Å². The summed E-state index contributed by atoms with van der Waals surface area (Å²) >= 11 is 1.18. The molecule has 1 aliphatic heterocycles. The van der Waals surface area contributed by atoms with E-state index >= 15 is 0 Å². The highest BCUT2D eigenvalue weighted by Gasteiger charge is 2.17. The van der Waals surface area contributed by atoms with Gasteiger partial charge in [0.25, 0.3) is 11.1 Å². The molecule has 9 heteroatoms. The van der Waals surface area contributed by atoms with Gasteiger partial charge in [0.1, 0.15) is 19.0 Å². The van der Waals surface area contributed by atoms with E-state index in [4.69, 9.17) is 18.3 Å². The molecule has 1 aliphatic rings. The molecule has 0 aliphatic carbocycles. The smallest absolute Gasteiger partial charge is 0.277 e. The van der Waals surface area contributed by atoms with Crippen LogP contribution in [-0.4, -0.2) is 35.1 Å². The molecule has 8 nitrogen and oxygen atoms in total. The Labute approximate surface area is 165 Å². The summed E-state index contributed by atoms with van der Waals surface area (Å²) in [6.07, 6.45) is 1.56. The average Bonchev–Trinajstić information content (AvgIpc) is 3.34. The maximum Gasteiger partial charge on any atom is 0.277 e.